The van der Waals surface area contributed by atoms with Gasteiger partial charge in [0.05, 0.1) is 0 Å². The lowest BCUT2D eigenvalue weighted by Crippen LogP contribution is -2.35. The Balaban J connectivity index is 1.27. The molecule has 3 heterocycles. The number of nitrogens with zero attached hydrogens (tertiary/aromatic N) is 3. The Kier molecular flexibility index (Phi) is 4.67. The highest BCUT2D eigenvalue weighted by Gasteiger charge is 2.18. The van der Waals surface area contributed by atoms with Crippen LogP contribution in [0.4, 0.5) is 0 Å². The maximum absolute atomic E-state index is 2.66. The van der Waals surface area contributed by atoms with E-state index in [9.17, 15) is 0 Å². The van der Waals surface area contributed by atoms with Crippen molar-refractivity contribution in [2.24, 2.45) is 0 Å². The van der Waals surface area contributed by atoms with E-state index in [-0.39, 0.29) is 0 Å². The second kappa shape index (κ2) is 7.06. The lowest BCUT2D eigenvalue weighted by Gasteiger charge is -2.30. The van der Waals surface area contributed by atoms with E-state index < -0.39 is 0 Å². The third-order valence-corrected chi connectivity index (χ3v) is 5.57. The molecular weight excluding hydrogens is 282 g/mol. The van der Waals surface area contributed by atoms with Gasteiger partial charge in [-0.25, -0.2) is 0 Å². The van der Waals surface area contributed by atoms with Crippen molar-refractivity contribution in [3.05, 3.63) is 36.0 Å². The Morgan fingerprint density at radius 1 is 0.783 bits per heavy atom. The summed E-state index contributed by atoms with van der Waals surface area (Å²) < 4.78 is 2.51. The zero-order valence-electron chi connectivity index (χ0n) is 14.2. The molecule has 23 heavy (non-hydrogen) atoms. The molecule has 0 atom stereocenters. The van der Waals surface area contributed by atoms with Crippen molar-refractivity contribution in [3.63, 3.8) is 0 Å². The molecule has 1 saturated heterocycles. The standard InChI is InChI=1S/C20H29N3/c1-4-10-21(11-5-1)12-6-7-13-22-14-15-23-19(17-22)16-18-8-2-3-9-20(18)23/h2-3,8-9,16H,1,4-7,10-15,17H2. The van der Waals surface area contributed by atoms with Crippen LogP contribution in [0.15, 0.2) is 30.3 Å². The molecule has 0 spiro atoms. The highest BCUT2D eigenvalue weighted by atomic mass is 15.2. The van der Waals surface area contributed by atoms with Crippen LogP contribution >= 0.6 is 0 Å². The molecule has 2 aliphatic heterocycles. The lowest BCUT2D eigenvalue weighted by molar-refractivity contribution is 0.199. The van der Waals surface area contributed by atoms with Crippen molar-refractivity contribution in [2.45, 2.75) is 45.2 Å². The number of aromatic nitrogens is 1. The number of fused-ring (bicyclic) bond motifs is 3. The Labute approximate surface area is 139 Å². The third-order valence-electron chi connectivity index (χ3n) is 5.57. The maximum Gasteiger partial charge on any atom is 0.0483 e. The Bertz CT molecular complexity index is 639. The van der Waals surface area contributed by atoms with Crippen LogP contribution in [0.25, 0.3) is 10.9 Å². The van der Waals surface area contributed by atoms with Gasteiger partial charge in [-0.3, -0.25) is 4.90 Å². The minimum atomic E-state index is 1.12. The number of hydrogen-bond donors (Lipinski definition) is 0. The van der Waals surface area contributed by atoms with Crippen molar-refractivity contribution in [2.75, 3.05) is 32.7 Å². The topological polar surface area (TPSA) is 11.4 Å². The van der Waals surface area contributed by atoms with Gasteiger partial charge < -0.3 is 9.47 Å². The summed E-state index contributed by atoms with van der Waals surface area (Å²) in [6, 6.07) is 11.2. The number of benzene rings is 1. The monoisotopic (exact) mass is 311 g/mol. The largest absolute Gasteiger partial charge is 0.342 e. The Morgan fingerprint density at radius 2 is 1.57 bits per heavy atom. The van der Waals surface area contributed by atoms with Crippen molar-refractivity contribution in [1.29, 1.82) is 0 Å². The van der Waals surface area contributed by atoms with Crippen LogP contribution < -0.4 is 0 Å². The quantitative estimate of drug-likeness (QED) is 0.780. The molecule has 2 aromatic rings. The normalized spacial score (nSPS) is 20.0. The van der Waals surface area contributed by atoms with Gasteiger partial charge in [-0.15, -0.1) is 0 Å². The molecular formula is C20H29N3. The first kappa shape index (κ1) is 15.2. The minimum absolute atomic E-state index is 1.12. The van der Waals surface area contributed by atoms with Crippen molar-refractivity contribution in [3.8, 4) is 0 Å². The van der Waals surface area contributed by atoms with Gasteiger partial charge in [0.15, 0.2) is 0 Å². The van der Waals surface area contributed by atoms with E-state index in [0.717, 1.165) is 13.1 Å². The number of hydrogen-bond acceptors (Lipinski definition) is 2. The van der Waals surface area contributed by atoms with Crippen LogP contribution in [0.3, 0.4) is 0 Å². The van der Waals surface area contributed by atoms with Crippen molar-refractivity contribution < 1.29 is 0 Å². The summed E-state index contributed by atoms with van der Waals surface area (Å²) in [5.41, 5.74) is 2.90. The van der Waals surface area contributed by atoms with Crippen LogP contribution in [0.1, 0.15) is 37.8 Å². The highest BCUT2D eigenvalue weighted by Crippen LogP contribution is 2.24. The van der Waals surface area contributed by atoms with E-state index in [1.165, 1.54) is 81.4 Å². The van der Waals surface area contributed by atoms with Crippen LogP contribution in [-0.4, -0.2) is 47.1 Å². The van der Waals surface area contributed by atoms with Gasteiger partial charge in [0.1, 0.15) is 0 Å². The summed E-state index contributed by atoms with van der Waals surface area (Å²) in [7, 11) is 0. The summed E-state index contributed by atoms with van der Waals surface area (Å²) in [6.45, 7) is 8.72. The second-order valence-electron chi connectivity index (χ2n) is 7.23. The Morgan fingerprint density at radius 3 is 2.43 bits per heavy atom. The maximum atomic E-state index is 2.66. The van der Waals surface area contributed by atoms with E-state index in [0.29, 0.717) is 0 Å². The molecule has 124 valence electrons. The molecule has 0 bridgehead atoms. The molecule has 3 heteroatoms. The summed E-state index contributed by atoms with van der Waals surface area (Å²) in [5, 5.41) is 1.40. The minimum Gasteiger partial charge on any atom is -0.342 e. The van der Waals surface area contributed by atoms with Gasteiger partial charge in [0.25, 0.3) is 0 Å². The van der Waals surface area contributed by atoms with E-state index in [1.807, 2.05) is 0 Å². The number of likely N-dealkylation sites (tertiary alicyclic amines) is 1. The molecule has 1 aromatic carbocycles. The molecule has 3 nitrogen and oxygen atoms in total. The molecule has 0 radical (unpaired) electrons. The number of para-hydroxylation sites is 1. The number of piperidine rings is 1. The summed E-state index contributed by atoms with van der Waals surface area (Å²) >= 11 is 0. The average molecular weight is 311 g/mol. The van der Waals surface area contributed by atoms with Crippen LogP contribution in [-0.2, 0) is 13.1 Å². The third kappa shape index (κ3) is 3.46. The van der Waals surface area contributed by atoms with Gasteiger partial charge >= 0.3 is 0 Å². The molecule has 4 rings (SSSR count). The molecule has 0 N–H and O–H groups in total. The summed E-state index contributed by atoms with van der Waals surface area (Å²) in [5.74, 6) is 0. The van der Waals surface area contributed by atoms with Gasteiger partial charge in [-0.2, -0.15) is 0 Å². The zero-order chi connectivity index (χ0) is 15.5. The Hall–Kier alpha value is -1.32. The molecule has 0 saturated carbocycles. The van der Waals surface area contributed by atoms with E-state index in [4.69, 9.17) is 0 Å². The molecule has 1 aromatic heterocycles. The predicted molar refractivity (Wildman–Crippen MR) is 96.7 cm³/mol. The first-order chi connectivity index (χ1) is 11.4. The molecule has 1 fully saturated rings. The van der Waals surface area contributed by atoms with Gasteiger partial charge in [-0.05, 0) is 69.4 Å². The number of unbranched alkanes of at least 4 members (excludes halogenated alkanes) is 1. The van der Waals surface area contributed by atoms with Crippen LogP contribution in [0.5, 0.6) is 0 Å². The number of rotatable bonds is 5. The SMILES string of the molecule is c1ccc2c(c1)cc1n2CCN(CCCCN2CCCCC2)C1. The van der Waals surface area contributed by atoms with Gasteiger partial charge in [-0.1, -0.05) is 24.6 Å². The average Bonchev–Trinajstić information content (AvgIpc) is 2.97. The first-order valence-corrected chi connectivity index (χ1v) is 9.42. The van der Waals surface area contributed by atoms with E-state index in [2.05, 4.69) is 44.7 Å². The van der Waals surface area contributed by atoms with Crippen molar-refractivity contribution >= 4 is 10.9 Å². The fourth-order valence-electron chi connectivity index (χ4n) is 4.26. The highest BCUT2D eigenvalue weighted by molar-refractivity contribution is 5.81. The van der Waals surface area contributed by atoms with Crippen molar-refractivity contribution in [1.82, 2.24) is 14.4 Å². The van der Waals surface area contributed by atoms with Gasteiger partial charge in [0, 0.05) is 30.8 Å². The first-order valence-electron chi connectivity index (χ1n) is 9.42. The van der Waals surface area contributed by atoms with Crippen LogP contribution in [0, 0.1) is 0 Å². The molecule has 0 aliphatic carbocycles. The predicted octanol–water partition coefficient (Wildman–Crippen LogP) is 3.72. The molecule has 2 aliphatic rings. The molecule has 0 amide bonds. The fourth-order valence-corrected chi connectivity index (χ4v) is 4.26. The smallest absolute Gasteiger partial charge is 0.0483 e. The van der Waals surface area contributed by atoms with E-state index in [1.54, 1.807) is 0 Å². The molecule has 0 unspecified atom stereocenters. The van der Waals surface area contributed by atoms with Crippen LogP contribution in [0.2, 0.25) is 0 Å². The lowest BCUT2D eigenvalue weighted by atomic mass is 10.1. The van der Waals surface area contributed by atoms with Gasteiger partial charge in [0.2, 0.25) is 0 Å². The second-order valence-corrected chi connectivity index (χ2v) is 7.23. The zero-order valence-corrected chi connectivity index (χ0v) is 14.2. The summed E-state index contributed by atoms with van der Waals surface area (Å²) in [4.78, 5) is 5.31. The summed E-state index contributed by atoms with van der Waals surface area (Å²) in [6.07, 6.45) is 6.97. The fraction of sp³-hybridized carbons (Fsp3) is 0.600. The van der Waals surface area contributed by atoms with E-state index >= 15 is 0 Å².